The largest absolute Gasteiger partial charge is 0.496 e. The number of hydrogen-bond acceptors (Lipinski definition) is 2. The van der Waals surface area contributed by atoms with Crippen molar-refractivity contribution in [2.45, 2.75) is 6.04 Å². The molecule has 0 aliphatic carbocycles. The van der Waals surface area contributed by atoms with Crippen LogP contribution in [-0.2, 0) is 0 Å². The number of methoxy groups -OCH3 is 1. The van der Waals surface area contributed by atoms with Crippen LogP contribution in [0.25, 0.3) is 0 Å². The molecule has 72 valence electrons. The molecule has 0 saturated heterocycles. The predicted octanol–water partition coefficient (Wildman–Crippen LogP) is 2.32. The van der Waals surface area contributed by atoms with Gasteiger partial charge in [-0.05, 0) is 18.2 Å². The van der Waals surface area contributed by atoms with E-state index in [4.69, 9.17) is 22.1 Å². The van der Waals surface area contributed by atoms with Gasteiger partial charge >= 0.3 is 0 Å². The van der Waals surface area contributed by atoms with Crippen molar-refractivity contribution in [3.63, 3.8) is 0 Å². The predicted molar refractivity (Wildman–Crippen MR) is 50.9 cm³/mol. The van der Waals surface area contributed by atoms with Crippen molar-refractivity contribution in [1.82, 2.24) is 0 Å². The van der Waals surface area contributed by atoms with E-state index in [0.29, 0.717) is 16.3 Å². The second-order valence-electron chi connectivity index (χ2n) is 2.65. The molecule has 0 radical (unpaired) electrons. The van der Waals surface area contributed by atoms with Crippen LogP contribution in [0, 0.1) is 0 Å². The molecule has 0 aliphatic rings. The van der Waals surface area contributed by atoms with Crippen molar-refractivity contribution in [2.24, 2.45) is 5.73 Å². The van der Waals surface area contributed by atoms with E-state index in [0.717, 1.165) is 0 Å². The van der Waals surface area contributed by atoms with E-state index in [1.807, 2.05) is 0 Å². The van der Waals surface area contributed by atoms with Gasteiger partial charge in [-0.15, -0.1) is 0 Å². The Morgan fingerprint density at radius 3 is 2.85 bits per heavy atom. The van der Waals surface area contributed by atoms with Crippen LogP contribution in [0.5, 0.6) is 5.75 Å². The van der Waals surface area contributed by atoms with Gasteiger partial charge in [-0.25, -0.2) is 4.39 Å². The molecule has 0 fully saturated rings. The topological polar surface area (TPSA) is 35.2 Å². The molecule has 0 saturated carbocycles. The zero-order valence-corrected chi connectivity index (χ0v) is 8.01. The summed E-state index contributed by atoms with van der Waals surface area (Å²) in [6.07, 6.45) is 0. The van der Waals surface area contributed by atoms with Crippen LogP contribution in [0.3, 0.4) is 0 Å². The Morgan fingerprint density at radius 2 is 2.31 bits per heavy atom. The fourth-order valence-corrected chi connectivity index (χ4v) is 1.26. The summed E-state index contributed by atoms with van der Waals surface area (Å²) in [6.45, 7) is -0.628. The number of hydrogen-bond donors (Lipinski definition) is 1. The van der Waals surface area contributed by atoms with Gasteiger partial charge in [-0.2, -0.15) is 0 Å². The standard InChI is InChI=1S/C9H11ClFNO/c1-13-9-3-2-6(10)4-7(9)8(12)5-11/h2-4,8H,5,12H2,1H3/t8-/m0/s1. The lowest BCUT2D eigenvalue weighted by molar-refractivity contribution is 0.389. The van der Waals surface area contributed by atoms with Crippen molar-refractivity contribution in [3.05, 3.63) is 28.8 Å². The number of halogens is 2. The first-order chi connectivity index (χ1) is 6.19. The third-order valence-electron chi connectivity index (χ3n) is 1.76. The first-order valence-corrected chi connectivity index (χ1v) is 4.21. The maximum atomic E-state index is 12.3. The van der Waals surface area contributed by atoms with Crippen molar-refractivity contribution in [1.29, 1.82) is 0 Å². The van der Waals surface area contributed by atoms with Crippen LogP contribution in [0.1, 0.15) is 11.6 Å². The first-order valence-electron chi connectivity index (χ1n) is 3.84. The third kappa shape index (κ3) is 2.32. The highest BCUT2D eigenvalue weighted by Gasteiger charge is 2.11. The van der Waals surface area contributed by atoms with Gasteiger partial charge in [0, 0.05) is 10.6 Å². The van der Waals surface area contributed by atoms with E-state index in [9.17, 15) is 4.39 Å². The molecule has 2 nitrogen and oxygen atoms in total. The van der Waals surface area contributed by atoms with Crippen LogP contribution in [0.15, 0.2) is 18.2 Å². The summed E-state index contributed by atoms with van der Waals surface area (Å²) in [6, 6.07) is 4.29. The Labute approximate surface area is 81.4 Å². The Balaban J connectivity index is 3.07. The summed E-state index contributed by atoms with van der Waals surface area (Å²) < 4.78 is 17.3. The Morgan fingerprint density at radius 1 is 1.62 bits per heavy atom. The monoisotopic (exact) mass is 203 g/mol. The molecule has 0 spiro atoms. The molecule has 0 aliphatic heterocycles. The van der Waals surface area contributed by atoms with Crippen LogP contribution >= 0.6 is 11.6 Å². The lowest BCUT2D eigenvalue weighted by atomic mass is 10.1. The van der Waals surface area contributed by atoms with Crippen LogP contribution in [0.2, 0.25) is 5.02 Å². The van der Waals surface area contributed by atoms with E-state index in [1.165, 1.54) is 7.11 Å². The molecule has 0 bridgehead atoms. The quantitative estimate of drug-likeness (QED) is 0.819. The number of rotatable bonds is 3. The molecule has 1 atom stereocenters. The fraction of sp³-hybridized carbons (Fsp3) is 0.333. The zero-order valence-electron chi connectivity index (χ0n) is 7.26. The van der Waals surface area contributed by atoms with E-state index in [2.05, 4.69) is 0 Å². The molecule has 0 heterocycles. The van der Waals surface area contributed by atoms with Gasteiger partial charge in [0.25, 0.3) is 0 Å². The molecule has 1 aromatic carbocycles. The normalized spacial score (nSPS) is 12.6. The summed E-state index contributed by atoms with van der Waals surface area (Å²) >= 11 is 5.74. The molecule has 0 unspecified atom stereocenters. The van der Waals surface area contributed by atoms with Crippen LogP contribution < -0.4 is 10.5 Å². The van der Waals surface area contributed by atoms with E-state index in [1.54, 1.807) is 18.2 Å². The molecule has 4 heteroatoms. The highest BCUT2D eigenvalue weighted by Crippen LogP contribution is 2.27. The fourth-order valence-electron chi connectivity index (χ4n) is 1.08. The molecular weight excluding hydrogens is 193 g/mol. The molecular formula is C9H11ClFNO. The summed E-state index contributed by atoms with van der Waals surface area (Å²) in [4.78, 5) is 0. The average Bonchev–Trinajstić information content (AvgIpc) is 2.16. The Hall–Kier alpha value is -0.800. The zero-order chi connectivity index (χ0) is 9.84. The lowest BCUT2D eigenvalue weighted by Crippen LogP contribution is -2.13. The summed E-state index contributed by atoms with van der Waals surface area (Å²) in [5.41, 5.74) is 6.12. The van der Waals surface area contributed by atoms with Crippen molar-refractivity contribution in [2.75, 3.05) is 13.8 Å². The average molecular weight is 204 g/mol. The van der Waals surface area contributed by atoms with E-state index >= 15 is 0 Å². The first kappa shape index (κ1) is 10.3. The maximum absolute atomic E-state index is 12.3. The van der Waals surface area contributed by atoms with Gasteiger partial charge in [0.15, 0.2) is 0 Å². The Kier molecular flexibility index (Phi) is 3.51. The molecule has 13 heavy (non-hydrogen) atoms. The minimum atomic E-state index is -0.673. The van der Waals surface area contributed by atoms with Crippen molar-refractivity contribution < 1.29 is 9.13 Å². The van der Waals surface area contributed by atoms with Gasteiger partial charge < -0.3 is 10.5 Å². The maximum Gasteiger partial charge on any atom is 0.123 e. The molecule has 2 N–H and O–H groups in total. The second kappa shape index (κ2) is 4.44. The molecule has 0 aromatic heterocycles. The van der Waals surface area contributed by atoms with E-state index in [-0.39, 0.29) is 0 Å². The van der Waals surface area contributed by atoms with Crippen molar-refractivity contribution in [3.8, 4) is 5.75 Å². The van der Waals surface area contributed by atoms with Gasteiger partial charge in [-0.1, -0.05) is 11.6 Å². The highest BCUT2D eigenvalue weighted by atomic mass is 35.5. The van der Waals surface area contributed by atoms with Crippen LogP contribution in [-0.4, -0.2) is 13.8 Å². The third-order valence-corrected chi connectivity index (χ3v) is 1.99. The van der Waals surface area contributed by atoms with E-state index < -0.39 is 12.7 Å². The number of nitrogens with two attached hydrogens (primary N) is 1. The molecule has 1 aromatic rings. The minimum Gasteiger partial charge on any atom is -0.496 e. The number of ether oxygens (including phenoxy) is 1. The smallest absolute Gasteiger partial charge is 0.123 e. The van der Waals surface area contributed by atoms with Gasteiger partial charge in [-0.3, -0.25) is 0 Å². The van der Waals surface area contributed by atoms with Gasteiger partial charge in [0.1, 0.15) is 12.4 Å². The second-order valence-corrected chi connectivity index (χ2v) is 3.08. The minimum absolute atomic E-state index is 0.528. The Bertz CT molecular complexity index is 293. The van der Waals surface area contributed by atoms with Gasteiger partial charge in [0.2, 0.25) is 0 Å². The highest BCUT2D eigenvalue weighted by molar-refractivity contribution is 6.30. The number of alkyl halides is 1. The van der Waals surface area contributed by atoms with Gasteiger partial charge in [0.05, 0.1) is 13.2 Å². The molecule has 0 amide bonds. The summed E-state index contributed by atoms with van der Waals surface area (Å²) in [5.74, 6) is 0.564. The lowest BCUT2D eigenvalue weighted by Gasteiger charge is -2.12. The van der Waals surface area contributed by atoms with Crippen molar-refractivity contribution >= 4 is 11.6 Å². The molecule has 1 rings (SSSR count). The summed E-state index contributed by atoms with van der Waals surface area (Å²) in [5, 5.41) is 0.528. The summed E-state index contributed by atoms with van der Waals surface area (Å²) in [7, 11) is 1.51. The number of benzene rings is 1. The SMILES string of the molecule is COc1ccc(Cl)cc1[C@@H](N)CF. The van der Waals surface area contributed by atoms with Crippen LogP contribution in [0.4, 0.5) is 4.39 Å².